The second-order valence-corrected chi connectivity index (χ2v) is 18.5. The molecule has 0 rings (SSSR count). The van der Waals surface area contributed by atoms with Gasteiger partial charge in [-0.05, 0) is 26.7 Å². The fourth-order valence-electron chi connectivity index (χ4n) is 7.50. The number of unbranched alkanes of at least 4 members (excludes halogenated alkanes) is 28. The van der Waals surface area contributed by atoms with Crippen LogP contribution in [0.5, 0.6) is 0 Å². The molecule has 384 valence electrons. The normalized spacial score (nSPS) is 11.9. The highest BCUT2D eigenvalue weighted by molar-refractivity contribution is 5.70. The minimum absolute atomic E-state index is 0.0738. The van der Waals surface area contributed by atoms with Crippen LogP contribution in [-0.4, -0.2) is 100 Å². The van der Waals surface area contributed by atoms with Crippen LogP contribution in [0.15, 0.2) is 0 Å². The van der Waals surface area contributed by atoms with E-state index in [9.17, 15) is 19.2 Å². The van der Waals surface area contributed by atoms with Gasteiger partial charge in [0.25, 0.3) is 0 Å². The predicted octanol–water partition coefficient (Wildman–Crippen LogP) is 12.6. The molecule has 0 aromatic rings. The zero-order valence-electron chi connectivity index (χ0n) is 42.3. The average molecular weight is 929 g/mol. The van der Waals surface area contributed by atoms with E-state index in [0.717, 1.165) is 38.5 Å². The van der Waals surface area contributed by atoms with Crippen LogP contribution in [0.4, 0.5) is 9.59 Å². The summed E-state index contributed by atoms with van der Waals surface area (Å²) in [5, 5.41) is 14.3. The van der Waals surface area contributed by atoms with Crippen molar-refractivity contribution in [2.45, 2.75) is 251 Å². The van der Waals surface area contributed by atoms with E-state index in [0.29, 0.717) is 19.4 Å². The van der Waals surface area contributed by atoms with Crippen LogP contribution in [0.1, 0.15) is 240 Å². The highest BCUT2D eigenvalue weighted by atomic mass is 16.6. The van der Waals surface area contributed by atoms with Crippen LogP contribution in [0.2, 0.25) is 0 Å². The Hall–Kier alpha value is -2.64. The first-order valence-electron chi connectivity index (χ1n) is 26.6. The summed E-state index contributed by atoms with van der Waals surface area (Å²) in [6.07, 6.45) is 36.2. The van der Waals surface area contributed by atoms with Crippen molar-refractivity contribution in [2.75, 3.05) is 59.3 Å². The summed E-state index contributed by atoms with van der Waals surface area (Å²) < 4.78 is 32.7. The van der Waals surface area contributed by atoms with E-state index in [4.69, 9.17) is 33.5 Å². The molecule has 0 saturated carbocycles. The number of amides is 2. The summed E-state index contributed by atoms with van der Waals surface area (Å²) in [7, 11) is 0. The van der Waals surface area contributed by atoms with Crippen LogP contribution >= 0.6 is 0 Å². The fourth-order valence-corrected chi connectivity index (χ4v) is 7.50. The SMILES string of the molecule is CCCCCCCCCCCCCCCCCC(=O)OCC(COC(=O)NCCOCCOCCNC(=O)OC(C)(C)CCO)OC(=O)CCCCCCCCCCCCCCCCC. The lowest BCUT2D eigenvalue weighted by Gasteiger charge is -2.24. The molecule has 13 heteroatoms. The van der Waals surface area contributed by atoms with E-state index < -0.39 is 23.9 Å². The Balaban J connectivity index is 4.38. The molecular formula is C52H100N2O11. The van der Waals surface area contributed by atoms with Gasteiger partial charge in [0.05, 0.1) is 26.4 Å². The van der Waals surface area contributed by atoms with Gasteiger partial charge in [-0.15, -0.1) is 0 Å². The lowest BCUT2D eigenvalue weighted by molar-refractivity contribution is -0.161. The first-order chi connectivity index (χ1) is 31.6. The van der Waals surface area contributed by atoms with Crippen molar-refractivity contribution in [3.63, 3.8) is 0 Å². The van der Waals surface area contributed by atoms with Crippen molar-refractivity contribution in [3.05, 3.63) is 0 Å². The van der Waals surface area contributed by atoms with Crippen LogP contribution in [-0.2, 0) is 38.0 Å². The standard InChI is InChI=1S/C52H100N2O11/c1-5-7-9-11-13-15-17-19-21-23-25-27-29-31-33-35-48(56)62-45-47(64-49(57)36-34-32-30-28-26-24-22-20-18-16-14-12-10-8-6-2)46-63-50(58)53-38-41-60-43-44-61-42-39-54-51(59)65-52(3,4)37-40-55/h47,55H,5-46H2,1-4H3,(H,53,58)(H,54,59). The molecule has 1 unspecified atom stereocenters. The third kappa shape index (κ3) is 47.7. The number of aliphatic hydroxyl groups is 1. The molecule has 0 aliphatic rings. The molecule has 13 nitrogen and oxygen atoms in total. The molecule has 0 heterocycles. The quantitative estimate of drug-likeness (QED) is 0.0302. The van der Waals surface area contributed by atoms with Crippen molar-refractivity contribution in [1.82, 2.24) is 10.6 Å². The maximum absolute atomic E-state index is 12.8. The van der Waals surface area contributed by atoms with Gasteiger partial charge < -0.3 is 44.2 Å². The molecule has 0 aliphatic heterocycles. The number of hydrogen-bond acceptors (Lipinski definition) is 11. The number of hydrogen-bond donors (Lipinski definition) is 3. The molecule has 0 radical (unpaired) electrons. The third-order valence-corrected chi connectivity index (χ3v) is 11.6. The number of aliphatic hydroxyl groups excluding tert-OH is 1. The summed E-state index contributed by atoms with van der Waals surface area (Å²) in [4.78, 5) is 49.7. The van der Waals surface area contributed by atoms with Gasteiger partial charge in [-0.25, -0.2) is 9.59 Å². The van der Waals surface area contributed by atoms with Crippen molar-refractivity contribution in [3.8, 4) is 0 Å². The monoisotopic (exact) mass is 929 g/mol. The zero-order chi connectivity index (χ0) is 47.7. The lowest BCUT2D eigenvalue weighted by atomic mass is 10.0. The summed E-state index contributed by atoms with van der Waals surface area (Å²) in [6.45, 7) is 9.00. The Kier molecular flexibility index (Phi) is 45.9. The van der Waals surface area contributed by atoms with E-state index in [-0.39, 0.29) is 71.1 Å². The first-order valence-corrected chi connectivity index (χ1v) is 26.6. The number of carbonyl (C=O) groups is 4. The maximum Gasteiger partial charge on any atom is 0.407 e. The molecule has 0 aliphatic carbocycles. The van der Waals surface area contributed by atoms with Crippen LogP contribution < -0.4 is 10.6 Å². The number of rotatable bonds is 49. The molecule has 3 N–H and O–H groups in total. The van der Waals surface area contributed by atoms with Gasteiger partial charge >= 0.3 is 24.1 Å². The number of alkyl carbamates (subject to hydrolysis) is 2. The fraction of sp³-hybridized carbons (Fsp3) is 0.923. The second kappa shape index (κ2) is 47.8. The average Bonchev–Trinajstić information content (AvgIpc) is 3.27. The molecule has 0 aromatic heterocycles. The minimum Gasteiger partial charge on any atom is -0.462 e. The Labute approximate surface area is 397 Å². The summed E-state index contributed by atoms with van der Waals surface area (Å²) in [5.41, 5.74) is -0.757. The Morgan fingerprint density at radius 2 is 0.815 bits per heavy atom. The number of carbonyl (C=O) groups excluding carboxylic acids is 4. The number of esters is 2. The van der Waals surface area contributed by atoms with Gasteiger partial charge in [0.15, 0.2) is 6.10 Å². The minimum atomic E-state index is -0.897. The van der Waals surface area contributed by atoms with E-state index in [1.807, 2.05) is 0 Å². The maximum atomic E-state index is 12.8. The van der Waals surface area contributed by atoms with Crippen LogP contribution in [0, 0.1) is 0 Å². The molecule has 0 spiro atoms. The van der Waals surface area contributed by atoms with Gasteiger partial charge in [0.1, 0.15) is 18.8 Å². The summed E-state index contributed by atoms with van der Waals surface area (Å²) >= 11 is 0. The van der Waals surface area contributed by atoms with E-state index in [2.05, 4.69) is 24.5 Å². The summed E-state index contributed by atoms with van der Waals surface area (Å²) in [6, 6.07) is 0. The zero-order valence-corrected chi connectivity index (χ0v) is 42.3. The van der Waals surface area contributed by atoms with E-state index >= 15 is 0 Å². The molecule has 0 aromatic carbocycles. The van der Waals surface area contributed by atoms with Crippen LogP contribution in [0.25, 0.3) is 0 Å². The van der Waals surface area contributed by atoms with Gasteiger partial charge in [-0.2, -0.15) is 0 Å². The lowest BCUT2D eigenvalue weighted by Crippen LogP contribution is -2.36. The van der Waals surface area contributed by atoms with E-state index in [1.54, 1.807) is 13.8 Å². The molecular weight excluding hydrogens is 829 g/mol. The molecule has 0 bridgehead atoms. The van der Waals surface area contributed by atoms with Crippen molar-refractivity contribution in [2.24, 2.45) is 0 Å². The van der Waals surface area contributed by atoms with Gasteiger partial charge in [-0.1, -0.05) is 194 Å². The van der Waals surface area contributed by atoms with Crippen molar-refractivity contribution in [1.29, 1.82) is 0 Å². The topological polar surface area (TPSA) is 168 Å². The van der Waals surface area contributed by atoms with Gasteiger partial charge in [0.2, 0.25) is 0 Å². The van der Waals surface area contributed by atoms with Crippen molar-refractivity contribution >= 4 is 24.1 Å². The number of nitrogens with one attached hydrogen (secondary N) is 2. The Bertz CT molecular complexity index is 1090. The number of ether oxygens (including phenoxy) is 6. The highest BCUT2D eigenvalue weighted by Crippen LogP contribution is 2.17. The molecule has 0 saturated heterocycles. The Morgan fingerprint density at radius 3 is 1.22 bits per heavy atom. The van der Waals surface area contributed by atoms with Crippen LogP contribution in [0.3, 0.4) is 0 Å². The summed E-state index contributed by atoms with van der Waals surface area (Å²) in [5.74, 6) is -0.730. The molecule has 0 fully saturated rings. The molecule has 65 heavy (non-hydrogen) atoms. The largest absolute Gasteiger partial charge is 0.462 e. The van der Waals surface area contributed by atoms with Crippen molar-refractivity contribution < 1.29 is 52.7 Å². The third-order valence-electron chi connectivity index (χ3n) is 11.6. The molecule has 1 atom stereocenters. The van der Waals surface area contributed by atoms with Gasteiger partial charge in [0, 0.05) is 39.0 Å². The predicted molar refractivity (Wildman–Crippen MR) is 261 cm³/mol. The second-order valence-electron chi connectivity index (χ2n) is 18.5. The smallest absolute Gasteiger partial charge is 0.407 e. The van der Waals surface area contributed by atoms with E-state index in [1.165, 1.54) is 154 Å². The first kappa shape index (κ1) is 62.4. The Morgan fingerprint density at radius 1 is 0.462 bits per heavy atom. The molecule has 2 amide bonds. The highest BCUT2D eigenvalue weighted by Gasteiger charge is 2.22. The van der Waals surface area contributed by atoms with Gasteiger partial charge in [-0.3, -0.25) is 9.59 Å².